The molecule has 0 atom stereocenters. The Morgan fingerprint density at radius 2 is 1.96 bits per heavy atom. The van der Waals surface area contributed by atoms with Gasteiger partial charge in [0.15, 0.2) is 0 Å². The summed E-state index contributed by atoms with van der Waals surface area (Å²) >= 11 is 5.90. The van der Waals surface area contributed by atoms with Crippen LogP contribution in [0.1, 0.15) is 10.4 Å². The number of rotatable bonds is 4. The molecule has 2 heterocycles. The summed E-state index contributed by atoms with van der Waals surface area (Å²) in [6.45, 7) is 0. The highest BCUT2D eigenvalue weighted by atomic mass is 35.5. The minimum Gasteiger partial charge on any atom is -0.421 e. The second-order valence-corrected chi connectivity index (χ2v) is 5.29. The van der Waals surface area contributed by atoms with Crippen molar-refractivity contribution in [2.24, 2.45) is 0 Å². The molecular formula is C17H13ClN4O2. The first-order valence-corrected chi connectivity index (χ1v) is 7.41. The molecule has 0 fully saturated rings. The fraction of sp³-hybridized carbons (Fsp3) is 0. The summed E-state index contributed by atoms with van der Waals surface area (Å²) in [5.41, 5.74) is 6.66. The van der Waals surface area contributed by atoms with Gasteiger partial charge in [0.2, 0.25) is 11.8 Å². The Balaban J connectivity index is 1.80. The van der Waals surface area contributed by atoms with Gasteiger partial charge in [0.25, 0.3) is 5.91 Å². The number of nitrogen functional groups attached to an aromatic ring is 1. The highest BCUT2D eigenvalue weighted by Crippen LogP contribution is 2.23. The molecule has 0 unspecified atom stereocenters. The molecule has 0 spiro atoms. The summed E-state index contributed by atoms with van der Waals surface area (Å²) in [6.07, 6.45) is 1.60. The minimum atomic E-state index is -0.313. The van der Waals surface area contributed by atoms with E-state index in [9.17, 15) is 4.79 Å². The van der Waals surface area contributed by atoms with E-state index in [1.165, 1.54) is 6.07 Å². The lowest BCUT2D eigenvalue weighted by Gasteiger charge is -2.09. The maximum atomic E-state index is 12.3. The topological polar surface area (TPSA) is 90.1 Å². The number of amides is 1. The van der Waals surface area contributed by atoms with E-state index >= 15 is 0 Å². The van der Waals surface area contributed by atoms with Crippen LogP contribution in [0.15, 0.2) is 60.8 Å². The molecule has 2 aromatic heterocycles. The fourth-order valence-electron chi connectivity index (χ4n) is 2.00. The number of carbonyl (C=O) groups excluding carboxylic acids is 1. The van der Waals surface area contributed by atoms with Gasteiger partial charge in [-0.1, -0.05) is 23.7 Å². The SMILES string of the molecule is Nc1cc(NC(=O)c2cccc(Cl)c2)cc(Oc2ccccn2)n1. The normalized spacial score (nSPS) is 10.2. The van der Waals surface area contributed by atoms with Gasteiger partial charge in [-0.3, -0.25) is 4.79 Å². The Hall–Kier alpha value is -3.12. The number of anilines is 2. The second kappa shape index (κ2) is 6.97. The van der Waals surface area contributed by atoms with E-state index in [-0.39, 0.29) is 17.6 Å². The van der Waals surface area contributed by atoms with Crippen molar-refractivity contribution < 1.29 is 9.53 Å². The van der Waals surface area contributed by atoms with Crippen molar-refractivity contribution >= 4 is 29.0 Å². The van der Waals surface area contributed by atoms with Crippen molar-refractivity contribution in [2.75, 3.05) is 11.1 Å². The van der Waals surface area contributed by atoms with Gasteiger partial charge in [0, 0.05) is 35.0 Å². The molecule has 120 valence electrons. The molecule has 0 bridgehead atoms. The van der Waals surface area contributed by atoms with Crippen LogP contribution in [0.4, 0.5) is 11.5 Å². The molecule has 3 aromatic rings. The first-order valence-electron chi connectivity index (χ1n) is 7.03. The maximum Gasteiger partial charge on any atom is 0.255 e. The Kier molecular flexibility index (Phi) is 4.58. The number of nitrogens with zero attached hydrogens (tertiary/aromatic N) is 2. The van der Waals surface area contributed by atoms with Gasteiger partial charge in [-0.15, -0.1) is 0 Å². The molecular weight excluding hydrogens is 328 g/mol. The third kappa shape index (κ3) is 3.99. The van der Waals surface area contributed by atoms with Gasteiger partial charge in [0.05, 0.1) is 5.69 Å². The molecule has 1 aromatic carbocycles. The van der Waals surface area contributed by atoms with E-state index in [0.717, 1.165) is 0 Å². The van der Waals surface area contributed by atoms with Crippen LogP contribution >= 0.6 is 11.6 Å². The number of nitrogens with one attached hydrogen (secondary N) is 1. The van der Waals surface area contributed by atoms with Crippen LogP contribution in [0, 0.1) is 0 Å². The molecule has 24 heavy (non-hydrogen) atoms. The number of nitrogens with two attached hydrogens (primary N) is 1. The zero-order chi connectivity index (χ0) is 16.9. The standard InChI is InChI=1S/C17H13ClN4O2/c18-12-5-3-4-11(8-12)17(23)21-13-9-14(19)22-16(10-13)24-15-6-1-2-7-20-15/h1-10H,(H3,19,21,22,23). The second-order valence-electron chi connectivity index (χ2n) is 4.85. The van der Waals surface area contributed by atoms with Gasteiger partial charge in [-0.05, 0) is 24.3 Å². The van der Waals surface area contributed by atoms with E-state index in [4.69, 9.17) is 22.1 Å². The van der Waals surface area contributed by atoms with Crippen molar-refractivity contribution in [2.45, 2.75) is 0 Å². The van der Waals surface area contributed by atoms with E-state index in [1.54, 1.807) is 54.7 Å². The lowest BCUT2D eigenvalue weighted by atomic mass is 10.2. The summed E-state index contributed by atoms with van der Waals surface area (Å²) in [5.74, 6) is 0.509. The van der Waals surface area contributed by atoms with E-state index in [2.05, 4.69) is 15.3 Å². The largest absolute Gasteiger partial charge is 0.421 e. The van der Waals surface area contributed by atoms with Crippen molar-refractivity contribution in [3.63, 3.8) is 0 Å². The smallest absolute Gasteiger partial charge is 0.255 e. The van der Waals surface area contributed by atoms with Gasteiger partial charge in [0.1, 0.15) is 5.82 Å². The van der Waals surface area contributed by atoms with Crippen LogP contribution in [-0.4, -0.2) is 15.9 Å². The van der Waals surface area contributed by atoms with Crippen LogP contribution in [0.3, 0.4) is 0 Å². The molecule has 0 aliphatic rings. The average Bonchev–Trinajstić information content (AvgIpc) is 2.55. The number of ether oxygens (including phenoxy) is 1. The van der Waals surface area contributed by atoms with Crippen molar-refractivity contribution in [3.05, 3.63) is 71.4 Å². The number of carbonyl (C=O) groups is 1. The van der Waals surface area contributed by atoms with Crippen LogP contribution in [0.25, 0.3) is 0 Å². The molecule has 0 saturated heterocycles. The third-order valence-corrected chi connectivity index (χ3v) is 3.25. The first kappa shape index (κ1) is 15.8. The number of benzene rings is 1. The summed E-state index contributed by atoms with van der Waals surface area (Å²) in [5, 5.41) is 3.22. The number of halogens is 1. The Labute approximate surface area is 143 Å². The maximum absolute atomic E-state index is 12.3. The monoisotopic (exact) mass is 340 g/mol. The fourth-order valence-corrected chi connectivity index (χ4v) is 2.19. The highest BCUT2D eigenvalue weighted by molar-refractivity contribution is 6.31. The molecule has 1 amide bonds. The van der Waals surface area contributed by atoms with Crippen LogP contribution in [-0.2, 0) is 0 Å². The number of pyridine rings is 2. The Morgan fingerprint density at radius 3 is 2.71 bits per heavy atom. The molecule has 3 N–H and O–H groups in total. The summed E-state index contributed by atoms with van der Waals surface area (Å²) < 4.78 is 5.53. The van der Waals surface area contributed by atoms with Crippen molar-refractivity contribution in [1.82, 2.24) is 9.97 Å². The molecule has 0 aliphatic heterocycles. The van der Waals surface area contributed by atoms with Gasteiger partial charge in [-0.2, -0.15) is 4.98 Å². The van der Waals surface area contributed by atoms with Gasteiger partial charge >= 0.3 is 0 Å². The predicted octanol–water partition coefficient (Wildman–Crippen LogP) is 3.76. The molecule has 7 heteroatoms. The van der Waals surface area contributed by atoms with Crippen LogP contribution < -0.4 is 15.8 Å². The average molecular weight is 341 g/mol. The number of aromatic nitrogens is 2. The lowest BCUT2D eigenvalue weighted by Crippen LogP contribution is -2.12. The summed E-state index contributed by atoms with van der Waals surface area (Å²) in [4.78, 5) is 20.4. The van der Waals surface area contributed by atoms with E-state index < -0.39 is 0 Å². The summed E-state index contributed by atoms with van der Waals surface area (Å²) in [6, 6.07) is 15.0. The lowest BCUT2D eigenvalue weighted by molar-refractivity contribution is 0.102. The van der Waals surface area contributed by atoms with Gasteiger partial charge in [-0.25, -0.2) is 4.98 Å². The number of hydrogen-bond donors (Lipinski definition) is 2. The molecule has 0 saturated carbocycles. The highest BCUT2D eigenvalue weighted by Gasteiger charge is 2.09. The zero-order valence-corrected chi connectivity index (χ0v) is 13.2. The zero-order valence-electron chi connectivity index (χ0n) is 12.4. The minimum absolute atomic E-state index is 0.213. The molecule has 0 aliphatic carbocycles. The molecule has 6 nitrogen and oxygen atoms in total. The van der Waals surface area contributed by atoms with Crippen molar-refractivity contribution in [1.29, 1.82) is 0 Å². The third-order valence-electron chi connectivity index (χ3n) is 3.01. The van der Waals surface area contributed by atoms with E-state index in [1.807, 2.05) is 0 Å². The van der Waals surface area contributed by atoms with Gasteiger partial charge < -0.3 is 15.8 Å². The Morgan fingerprint density at radius 1 is 1.08 bits per heavy atom. The Bertz CT molecular complexity index is 871. The number of hydrogen-bond acceptors (Lipinski definition) is 5. The predicted molar refractivity (Wildman–Crippen MR) is 92.4 cm³/mol. The van der Waals surface area contributed by atoms with Crippen LogP contribution in [0.5, 0.6) is 11.8 Å². The quantitative estimate of drug-likeness (QED) is 0.754. The van der Waals surface area contributed by atoms with E-state index in [0.29, 0.717) is 22.2 Å². The molecule has 0 radical (unpaired) electrons. The van der Waals surface area contributed by atoms with Crippen molar-refractivity contribution in [3.8, 4) is 11.8 Å². The molecule has 3 rings (SSSR count). The summed E-state index contributed by atoms with van der Waals surface area (Å²) in [7, 11) is 0. The van der Waals surface area contributed by atoms with Crippen LogP contribution in [0.2, 0.25) is 5.02 Å². The first-order chi connectivity index (χ1) is 11.6.